The Bertz CT molecular complexity index is 771. The molecule has 2 heterocycles. The Morgan fingerprint density at radius 3 is 2.67 bits per heavy atom. The molecule has 0 unspecified atom stereocenters. The second-order valence-corrected chi connectivity index (χ2v) is 5.56. The molecule has 0 saturated carbocycles. The smallest absolute Gasteiger partial charge is 0.337 e. The van der Waals surface area contributed by atoms with Crippen LogP contribution in [0.25, 0.3) is 0 Å². The number of pyridine rings is 1. The summed E-state index contributed by atoms with van der Waals surface area (Å²) in [6, 6.07) is 7.04. The van der Waals surface area contributed by atoms with Gasteiger partial charge in [-0.05, 0) is 48.7 Å². The summed E-state index contributed by atoms with van der Waals surface area (Å²) < 4.78 is 5.38. The lowest BCUT2D eigenvalue weighted by Gasteiger charge is -2.29. The summed E-state index contributed by atoms with van der Waals surface area (Å²) in [7, 11) is 0. The number of ether oxygens (including phenoxy) is 1. The largest absolute Gasteiger partial charge is 0.494 e. The standard InChI is InChI=1S/C18H18N2O4/c1-2-24-14-5-3-12(4-6-14)17(21)20-8-7-15-13(11-20)9-19-10-16(15)18(22)23/h3-6,9-10H,2,7-8,11H2,1H3,(H,22,23). The van der Waals surface area contributed by atoms with Crippen molar-refractivity contribution in [2.45, 2.75) is 19.9 Å². The topological polar surface area (TPSA) is 79.7 Å². The molecule has 1 aliphatic heterocycles. The number of fused-ring (bicyclic) bond motifs is 1. The Kier molecular flexibility index (Phi) is 4.46. The van der Waals surface area contributed by atoms with Crippen LogP contribution in [0.1, 0.15) is 38.8 Å². The van der Waals surface area contributed by atoms with Crippen LogP contribution >= 0.6 is 0 Å². The molecule has 3 rings (SSSR count). The van der Waals surface area contributed by atoms with Gasteiger partial charge >= 0.3 is 5.97 Å². The molecule has 0 spiro atoms. The van der Waals surface area contributed by atoms with Gasteiger partial charge in [-0.3, -0.25) is 9.78 Å². The fraction of sp³-hybridized carbons (Fsp3) is 0.278. The predicted molar refractivity (Wildman–Crippen MR) is 87.3 cm³/mol. The number of amides is 1. The van der Waals surface area contributed by atoms with Crippen molar-refractivity contribution in [1.29, 1.82) is 0 Å². The molecule has 1 aromatic heterocycles. The average Bonchev–Trinajstić information content (AvgIpc) is 2.61. The number of aromatic nitrogens is 1. The van der Waals surface area contributed by atoms with Crippen LogP contribution in [-0.2, 0) is 13.0 Å². The third-order valence-corrected chi connectivity index (χ3v) is 4.07. The maximum absolute atomic E-state index is 12.6. The van der Waals surface area contributed by atoms with Gasteiger partial charge in [-0.1, -0.05) is 0 Å². The van der Waals surface area contributed by atoms with Crippen molar-refractivity contribution >= 4 is 11.9 Å². The zero-order valence-corrected chi connectivity index (χ0v) is 13.4. The molecule has 24 heavy (non-hydrogen) atoms. The minimum absolute atomic E-state index is 0.0792. The quantitative estimate of drug-likeness (QED) is 0.933. The van der Waals surface area contributed by atoms with Crippen molar-refractivity contribution < 1.29 is 19.4 Å². The van der Waals surface area contributed by atoms with Gasteiger partial charge in [-0.2, -0.15) is 0 Å². The molecule has 2 aromatic rings. The maximum atomic E-state index is 12.6. The van der Waals surface area contributed by atoms with Gasteiger partial charge in [-0.15, -0.1) is 0 Å². The van der Waals surface area contributed by atoms with E-state index in [4.69, 9.17) is 4.74 Å². The van der Waals surface area contributed by atoms with Crippen LogP contribution in [0, 0.1) is 0 Å². The predicted octanol–water partition coefficient (Wildman–Crippen LogP) is 2.38. The highest BCUT2D eigenvalue weighted by atomic mass is 16.5. The number of carbonyl (C=O) groups excluding carboxylic acids is 1. The van der Waals surface area contributed by atoms with Crippen molar-refractivity contribution in [2.24, 2.45) is 0 Å². The van der Waals surface area contributed by atoms with E-state index in [0.717, 1.165) is 16.9 Å². The van der Waals surface area contributed by atoms with Gasteiger partial charge in [0.15, 0.2) is 0 Å². The number of hydrogen-bond donors (Lipinski definition) is 1. The second-order valence-electron chi connectivity index (χ2n) is 5.56. The summed E-state index contributed by atoms with van der Waals surface area (Å²) in [5, 5.41) is 9.23. The normalized spacial score (nSPS) is 13.3. The van der Waals surface area contributed by atoms with Gasteiger partial charge in [0, 0.05) is 31.0 Å². The summed E-state index contributed by atoms with van der Waals surface area (Å²) in [5.74, 6) is -0.330. The SMILES string of the molecule is CCOc1ccc(C(=O)N2CCc3c(cncc3C(=O)O)C2)cc1. The summed E-state index contributed by atoms with van der Waals surface area (Å²) >= 11 is 0. The van der Waals surface area contributed by atoms with E-state index in [1.165, 1.54) is 6.20 Å². The molecule has 0 radical (unpaired) electrons. The second kappa shape index (κ2) is 6.70. The molecule has 1 amide bonds. The molecular weight excluding hydrogens is 308 g/mol. The molecule has 1 aliphatic rings. The molecule has 6 nitrogen and oxygen atoms in total. The molecule has 0 aliphatic carbocycles. The van der Waals surface area contributed by atoms with E-state index in [-0.39, 0.29) is 11.5 Å². The number of carboxylic acids is 1. The fourth-order valence-electron chi connectivity index (χ4n) is 2.89. The number of carbonyl (C=O) groups is 2. The van der Waals surface area contributed by atoms with Gasteiger partial charge in [-0.25, -0.2) is 4.79 Å². The van der Waals surface area contributed by atoms with Crippen molar-refractivity contribution in [3.63, 3.8) is 0 Å². The first kappa shape index (κ1) is 16.0. The van der Waals surface area contributed by atoms with Gasteiger partial charge in [0.05, 0.1) is 12.2 Å². The highest BCUT2D eigenvalue weighted by molar-refractivity contribution is 5.95. The van der Waals surface area contributed by atoms with Crippen molar-refractivity contribution in [2.75, 3.05) is 13.2 Å². The lowest BCUT2D eigenvalue weighted by atomic mass is 9.96. The highest BCUT2D eigenvalue weighted by Gasteiger charge is 2.25. The van der Waals surface area contributed by atoms with Crippen LogP contribution in [-0.4, -0.2) is 40.0 Å². The monoisotopic (exact) mass is 326 g/mol. The summed E-state index contributed by atoms with van der Waals surface area (Å²) in [6.45, 7) is 3.34. The van der Waals surface area contributed by atoms with E-state index in [1.54, 1.807) is 35.4 Å². The van der Waals surface area contributed by atoms with Gasteiger partial charge in [0.25, 0.3) is 5.91 Å². The van der Waals surface area contributed by atoms with Crippen molar-refractivity contribution in [3.05, 3.63) is 58.9 Å². The van der Waals surface area contributed by atoms with Crippen LogP contribution in [0.15, 0.2) is 36.7 Å². The Hall–Kier alpha value is -2.89. The zero-order valence-electron chi connectivity index (χ0n) is 13.4. The molecule has 0 fully saturated rings. The van der Waals surface area contributed by atoms with E-state index >= 15 is 0 Å². The van der Waals surface area contributed by atoms with E-state index < -0.39 is 5.97 Å². The fourth-order valence-corrected chi connectivity index (χ4v) is 2.89. The van der Waals surface area contributed by atoms with E-state index in [2.05, 4.69) is 4.98 Å². The highest BCUT2D eigenvalue weighted by Crippen LogP contribution is 2.23. The zero-order chi connectivity index (χ0) is 17.1. The Balaban J connectivity index is 1.78. The minimum atomic E-state index is -0.981. The number of rotatable bonds is 4. The van der Waals surface area contributed by atoms with E-state index in [1.807, 2.05) is 6.92 Å². The third-order valence-electron chi connectivity index (χ3n) is 4.07. The molecule has 0 bridgehead atoms. The van der Waals surface area contributed by atoms with Gasteiger partial charge in [0.2, 0.25) is 0 Å². The maximum Gasteiger partial charge on any atom is 0.337 e. The number of aromatic carboxylic acids is 1. The summed E-state index contributed by atoms with van der Waals surface area (Å²) in [4.78, 5) is 29.6. The van der Waals surface area contributed by atoms with E-state index in [0.29, 0.717) is 31.7 Å². The minimum Gasteiger partial charge on any atom is -0.494 e. The molecule has 0 saturated heterocycles. The van der Waals surface area contributed by atoms with Crippen LogP contribution in [0.5, 0.6) is 5.75 Å². The Morgan fingerprint density at radius 2 is 2.00 bits per heavy atom. The third kappa shape index (κ3) is 3.08. The van der Waals surface area contributed by atoms with Crippen molar-refractivity contribution in [1.82, 2.24) is 9.88 Å². The Morgan fingerprint density at radius 1 is 1.25 bits per heavy atom. The van der Waals surface area contributed by atoms with Crippen LogP contribution in [0.2, 0.25) is 0 Å². The summed E-state index contributed by atoms with van der Waals surface area (Å²) in [6.07, 6.45) is 3.52. The number of benzene rings is 1. The number of nitrogens with zero attached hydrogens (tertiary/aromatic N) is 2. The van der Waals surface area contributed by atoms with Gasteiger partial charge < -0.3 is 14.7 Å². The first-order chi connectivity index (χ1) is 11.6. The van der Waals surface area contributed by atoms with Gasteiger partial charge in [0.1, 0.15) is 5.75 Å². The van der Waals surface area contributed by atoms with E-state index in [9.17, 15) is 14.7 Å². The average molecular weight is 326 g/mol. The van der Waals surface area contributed by atoms with Crippen molar-refractivity contribution in [3.8, 4) is 5.75 Å². The molecule has 6 heteroatoms. The van der Waals surface area contributed by atoms with Crippen LogP contribution in [0.3, 0.4) is 0 Å². The molecule has 1 N–H and O–H groups in total. The number of hydrogen-bond acceptors (Lipinski definition) is 4. The molecule has 1 aromatic carbocycles. The summed E-state index contributed by atoms with van der Waals surface area (Å²) in [5.41, 5.74) is 2.37. The van der Waals surface area contributed by atoms with Crippen LogP contribution in [0.4, 0.5) is 0 Å². The number of carboxylic acid groups (broad SMARTS) is 1. The molecule has 0 atom stereocenters. The molecular formula is C18H18N2O4. The lowest BCUT2D eigenvalue weighted by Crippen LogP contribution is -2.36. The Labute approximate surface area is 139 Å². The first-order valence-corrected chi connectivity index (χ1v) is 7.81. The lowest BCUT2D eigenvalue weighted by molar-refractivity contribution is 0.0693. The molecule has 124 valence electrons. The first-order valence-electron chi connectivity index (χ1n) is 7.81. The van der Waals surface area contributed by atoms with Crippen LogP contribution < -0.4 is 4.74 Å².